The van der Waals surface area contributed by atoms with Crippen molar-refractivity contribution in [3.63, 3.8) is 0 Å². The molecule has 0 fully saturated rings. The molecule has 0 aromatic carbocycles. The number of aryl methyl sites for hydroxylation is 1. The molecular weight excluding hydrogens is 174 g/mol. The number of rotatable bonds is 3. The van der Waals surface area contributed by atoms with E-state index in [-0.39, 0.29) is 0 Å². The number of tetrazole rings is 1. The second-order valence-corrected chi connectivity index (χ2v) is 2.39. The maximum absolute atomic E-state index is 10.6. The van der Waals surface area contributed by atoms with Gasteiger partial charge >= 0.3 is 6.09 Å². The molecule has 1 aromatic rings. The number of nitrogens with zero attached hydrogens (tertiary/aromatic N) is 4. The lowest BCUT2D eigenvalue weighted by atomic mass is 10.4. The van der Waals surface area contributed by atoms with Gasteiger partial charge in [-0.05, 0) is 10.4 Å². The van der Waals surface area contributed by atoms with E-state index in [4.69, 9.17) is 0 Å². The minimum absolute atomic E-state index is 0.449. The van der Waals surface area contributed by atoms with Crippen LogP contribution < -0.4 is 5.32 Å². The Bertz CT molecular complexity index is 284. The molecule has 72 valence electrons. The van der Waals surface area contributed by atoms with Crippen LogP contribution in [0.15, 0.2) is 0 Å². The average molecular weight is 185 g/mol. The number of carbonyl (C=O) groups is 1. The first-order valence-corrected chi connectivity index (χ1v) is 3.77. The van der Waals surface area contributed by atoms with E-state index in [9.17, 15) is 4.79 Å². The third-order valence-corrected chi connectivity index (χ3v) is 1.51. The van der Waals surface area contributed by atoms with Gasteiger partial charge in [-0.15, -0.1) is 5.10 Å². The van der Waals surface area contributed by atoms with Crippen molar-refractivity contribution < 1.29 is 9.53 Å². The Balaban J connectivity index is 2.28. The molecule has 0 saturated carbocycles. The maximum atomic E-state index is 10.6. The van der Waals surface area contributed by atoms with Crippen LogP contribution in [0.4, 0.5) is 4.79 Å². The summed E-state index contributed by atoms with van der Waals surface area (Å²) in [5.74, 6) is 0.719. The predicted molar refractivity (Wildman–Crippen MR) is 42.9 cm³/mol. The number of methoxy groups -OCH3 is 1. The van der Waals surface area contributed by atoms with E-state index in [2.05, 4.69) is 25.6 Å². The van der Waals surface area contributed by atoms with Crippen LogP contribution in [0.25, 0.3) is 0 Å². The number of nitrogens with one attached hydrogen (secondary N) is 1. The summed E-state index contributed by atoms with van der Waals surface area (Å²) in [7, 11) is 3.06. The molecule has 1 rings (SSSR count). The molecule has 0 bridgehead atoms. The van der Waals surface area contributed by atoms with E-state index in [0.29, 0.717) is 13.0 Å². The molecule has 0 saturated heterocycles. The molecular formula is C6H11N5O2. The zero-order valence-corrected chi connectivity index (χ0v) is 7.52. The molecule has 0 aliphatic heterocycles. The fraction of sp³-hybridized carbons (Fsp3) is 0.667. The molecule has 1 heterocycles. The van der Waals surface area contributed by atoms with Crippen molar-refractivity contribution in [1.82, 2.24) is 25.5 Å². The van der Waals surface area contributed by atoms with Gasteiger partial charge < -0.3 is 10.1 Å². The van der Waals surface area contributed by atoms with E-state index in [1.165, 1.54) is 7.11 Å². The zero-order chi connectivity index (χ0) is 9.68. The van der Waals surface area contributed by atoms with E-state index >= 15 is 0 Å². The van der Waals surface area contributed by atoms with E-state index in [1.807, 2.05) is 0 Å². The summed E-state index contributed by atoms with van der Waals surface area (Å²) in [4.78, 5) is 10.6. The number of hydrogen-bond donors (Lipinski definition) is 1. The summed E-state index contributed by atoms with van der Waals surface area (Å²) in [6, 6.07) is 0. The molecule has 1 N–H and O–H groups in total. The lowest BCUT2D eigenvalue weighted by Gasteiger charge is -2.01. The van der Waals surface area contributed by atoms with Crippen LogP contribution >= 0.6 is 0 Å². The Morgan fingerprint density at radius 1 is 1.69 bits per heavy atom. The summed E-state index contributed by atoms with van der Waals surface area (Å²) in [6.45, 7) is 0.459. The SMILES string of the molecule is COC(=O)NCCc1nnnn1C. The topological polar surface area (TPSA) is 81.9 Å². The van der Waals surface area contributed by atoms with Crippen LogP contribution in [-0.4, -0.2) is 40.0 Å². The number of carbonyl (C=O) groups excluding carboxylic acids is 1. The van der Waals surface area contributed by atoms with Gasteiger partial charge in [-0.2, -0.15) is 0 Å². The lowest BCUT2D eigenvalue weighted by molar-refractivity contribution is 0.171. The van der Waals surface area contributed by atoms with Crippen molar-refractivity contribution in [2.45, 2.75) is 6.42 Å². The molecule has 0 aliphatic carbocycles. The number of alkyl carbamates (subject to hydrolysis) is 1. The van der Waals surface area contributed by atoms with Crippen molar-refractivity contribution in [2.24, 2.45) is 7.05 Å². The first-order chi connectivity index (χ1) is 6.24. The van der Waals surface area contributed by atoms with Gasteiger partial charge in [-0.1, -0.05) is 0 Å². The number of hydrogen-bond acceptors (Lipinski definition) is 5. The van der Waals surface area contributed by atoms with Crippen molar-refractivity contribution in [1.29, 1.82) is 0 Å². The summed E-state index contributed by atoms with van der Waals surface area (Å²) in [6.07, 6.45) is 0.133. The Kier molecular flexibility index (Phi) is 3.18. The Hall–Kier alpha value is -1.66. The summed E-state index contributed by atoms with van der Waals surface area (Å²) in [5, 5.41) is 13.4. The van der Waals surface area contributed by atoms with Gasteiger partial charge in [0, 0.05) is 20.0 Å². The van der Waals surface area contributed by atoms with Crippen LogP contribution in [-0.2, 0) is 18.2 Å². The molecule has 7 heteroatoms. The summed E-state index contributed by atoms with van der Waals surface area (Å²) >= 11 is 0. The van der Waals surface area contributed by atoms with Crippen molar-refractivity contribution in [3.05, 3.63) is 5.82 Å². The van der Waals surface area contributed by atoms with Crippen molar-refractivity contribution in [2.75, 3.05) is 13.7 Å². The second kappa shape index (κ2) is 4.39. The highest BCUT2D eigenvalue weighted by Gasteiger charge is 2.02. The van der Waals surface area contributed by atoms with E-state index < -0.39 is 6.09 Å². The number of ether oxygens (including phenoxy) is 1. The van der Waals surface area contributed by atoms with Crippen molar-refractivity contribution >= 4 is 6.09 Å². The molecule has 1 aromatic heterocycles. The molecule has 0 atom stereocenters. The Labute approximate surface area is 75.1 Å². The van der Waals surface area contributed by atoms with Gasteiger partial charge in [0.25, 0.3) is 0 Å². The molecule has 13 heavy (non-hydrogen) atoms. The smallest absolute Gasteiger partial charge is 0.406 e. The normalized spacial score (nSPS) is 9.69. The second-order valence-electron chi connectivity index (χ2n) is 2.39. The lowest BCUT2D eigenvalue weighted by Crippen LogP contribution is -2.26. The quantitative estimate of drug-likeness (QED) is 0.660. The zero-order valence-electron chi connectivity index (χ0n) is 7.52. The van der Waals surface area contributed by atoms with Gasteiger partial charge in [0.05, 0.1) is 7.11 Å². The van der Waals surface area contributed by atoms with Gasteiger partial charge in [0.1, 0.15) is 0 Å². The average Bonchev–Trinajstić information content (AvgIpc) is 2.52. The summed E-state index contributed by atoms with van der Waals surface area (Å²) < 4.78 is 5.95. The minimum atomic E-state index is -0.449. The highest BCUT2D eigenvalue weighted by atomic mass is 16.5. The predicted octanol–water partition coefficient (Wildman–Crippen LogP) is -0.891. The molecule has 1 amide bonds. The van der Waals surface area contributed by atoms with Crippen LogP contribution in [0.3, 0.4) is 0 Å². The Morgan fingerprint density at radius 3 is 3.00 bits per heavy atom. The third kappa shape index (κ3) is 2.69. The minimum Gasteiger partial charge on any atom is -0.453 e. The first-order valence-electron chi connectivity index (χ1n) is 3.77. The summed E-state index contributed by atoms with van der Waals surface area (Å²) in [5.41, 5.74) is 0. The van der Waals surface area contributed by atoms with Crippen LogP contribution in [0.5, 0.6) is 0 Å². The molecule has 0 unspecified atom stereocenters. The van der Waals surface area contributed by atoms with Crippen LogP contribution in [0.2, 0.25) is 0 Å². The maximum Gasteiger partial charge on any atom is 0.406 e. The third-order valence-electron chi connectivity index (χ3n) is 1.51. The van der Waals surface area contributed by atoms with Gasteiger partial charge in [0.15, 0.2) is 5.82 Å². The van der Waals surface area contributed by atoms with Gasteiger partial charge in [-0.3, -0.25) is 0 Å². The Morgan fingerprint density at radius 2 is 2.46 bits per heavy atom. The van der Waals surface area contributed by atoms with Crippen LogP contribution in [0, 0.1) is 0 Å². The number of aromatic nitrogens is 4. The molecule has 7 nitrogen and oxygen atoms in total. The standard InChI is InChI=1S/C6H11N5O2/c1-11-5(8-9-10-11)3-4-7-6(12)13-2/h3-4H2,1-2H3,(H,7,12). The highest BCUT2D eigenvalue weighted by Crippen LogP contribution is 1.88. The largest absolute Gasteiger partial charge is 0.453 e. The molecule has 0 spiro atoms. The molecule has 0 radical (unpaired) electrons. The van der Waals surface area contributed by atoms with Gasteiger partial charge in [0.2, 0.25) is 0 Å². The fourth-order valence-corrected chi connectivity index (χ4v) is 0.808. The van der Waals surface area contributed by atoms with E-state index in [0.717, 1.165) is 5.82 Å². The first kappa shape index (κ1) is 9.43. The highest BCUT2D eigenvalue weighted by molar-refractivity contribution is 5.66. The molecule has 0 aliphatic rings. The number of amides is 1. The van der Waals surface area contributed by atoms with Crippen molar-refractivity contribution in [3.8, 4) is 0 Å². The van der Waals surface area contributed by atoms with Gasteiger partial charge in [-0.25, -0.2) is 9.48 Å². The fourth-order valence-electron chi connectivity index (χ4n) is 0.808. The van der Waals surface area contributed by atoms with E-state index in [1.54, 1.807) is 11.7 Å². The monoisotopic (exact) mass is 185 g/mol. The van der Waals surface area contributed by atoms with Crippen LogP contribution in [0.1, 0.15) is 5.82 Å².